The van der Waals surface area contributed by atoms with Crippen molar-refractivity contribution in [1.82, 2.24) is 4.90 Å². The largest absolute Gasteiger partial charge is 0.493 e. The molecule has 1 heterocycles. The van der Waals surface area contributed by atoms with E-state index < -0.39 is 17.6 Å². The molecule has 1 aliphatic rings. The third kappa shape index (κ3) is 3.96. The zero-order chi connectivity index (χ0) is 17.8. The van der Waals surface area contributed by atoms with E-state index in [1.807, 2.05) is 30.3 Å². The van der Waals surface area contributed by atoms with Crippen LogP contribution in [0.3, 0.4) is 0 Å². The van der Waals surface area contributed by atoms with Crippen LogP contribution in [0.4, 0.5) is 4.39 Å². The lowest BCUT2D eigenvalue weighted by Crippen LogP contribution is -2.32. The van der Waals surface area contributed by atoms with Crippen LogP contribution < -0.4 is 10.5 Å². The Bertz CT molecular complexity index is 749. The number of para-hydroxylation sites is 1. The number of nitrogens with zero attached hydrogens (tertiary/aromatic N) is 1. The maximum absolute atomic E-state index is 13.0. The number of benzene rings is 2. The fourth-order valence-electron chi connectivity index (χ4n) is 3.02. The lowest BCUT2D eigenvalue weighted by atomic mass is 9.96. The summed E-state index contributed by atoms with van der Waals surface area (Å²) in [6.45, 7) is 0.913. The van der Waals surface area contributed by atoms with Gasteiger partial charge in [-0.15, -0.1) is 0 Å². The highest BCUT2D eigenvalue weighted by Crippen LogP contribution is 2.26. The molecule has 25 heavy (non-hydrogen) atoms. The van der Waals surface area contributed by atoms with Crippen molar-refractivity contribution in [1.29, 1.82) is 0 Å². The van der Waals surface area contributed by atoms with E-state index in [9.17, 15) is 14.0 Å². The molecular formula is C19H19FN2O3. The summed E-state index contributed by atoms with van der Waals surface area (Å²) in [5.74, 6) is -1.03. The SMILES string of the molecule is NC(=O)[C@@H]1CN(C(=O)c2ccc(F)cc2)C[C@H]1COc1ccccc1. The molecule has 0 aromatic heterocycles. The fraction of sp³-hybridized carbons (Fsp3) is 0.263. The van der Waals surface area contributed by atoms with Gasteiger partial charge in [0.15, 0.2) is 0 Å². The summed E-state index contributed by atoms with van der Waals surface area (Å²) < 4.78 is 18.7. The van der Waals surface area contributed by atoms with Crippen LogP contribution in [0.2, 0.25) is 0 Å². The van der Waals surface area contributed by atoms with Crippen molar-refractivity contribution in [3.63, 3.8) is 0 Å². The molecule has 0 spiro atoms. The number of amides is 2. The van der Waals surface area contributed by atoms with Gasteiger partial charge in [-0.1, -0.05) is 18.2 Å². The van der Waals surface area contributed by atoms with Crippen molar-refractivity contribution in [2.45, 2.75) is 0 Å². The van der Waals surface area contributed by atoms with Crippen LogP contribution >= 0.6 is 0 Å². The Balaban J connectivity index is 1.68. The summed E-state index contributed by atoms with van der Waals surface area (Å²) in [4.78, 5) is 25.9. The molecule has 2 atom stereocenters. The molecule has 2 amide bonds. The molecule has 2 aromatic carbocycles. The smallest absolute Gasteiger partial charge is 0.253 e. The Hall–Kier alpha value is -2.89. The third-order valence-electron chi connectivity index (χ3n) is 4.39. The first-order valence-electron chi connectivity index (χ1n) is 8.06. The van der Waals surface area contributed by atoms with Crippen molar-refractivity contribution in [2.24, 2.45) is 17.6 Å². The summed E-state index contributed by atoms with van der Waals surface area (Å²) in [6, 6.07) is 14.6. The number of rotatable bonds is 5. The first-order valence-corrected chi connectivity index (χ1v) is 8.06. The molecule has 2 aromatic rings. The summed E-state index contributed by atoms with van der Waals surface area (Å²) in [7, 11) is 0. The van der Waals surface area contributed by atoms with Crippen molar-refractivity contribution in [3.8, 4) is 5.75 Å². The molecule has 5 nitrogen and oxygen atoms in total. The number of ether oxygens (including phenoxy) is 1. The topological polar surface area (TPSA) is 72.6 Å². The van der Waals surface area contributed by atoms with E-state index in [1.54, 1.807) is 4.90 Å². The third-order valence-corrected chi connectivity index (χ3v) is 4.39. The van der Waals surface area contributed by atoms with E-state index in [0.29, 0.717) is 24.5 Å². The van der Waals surface area contributed by atoms with Gasteiger partial charge in [0.1, 0.15) is 11.6 Å². The minimum absolute atomic E-state index is 0.179. The van der Waals surface area contributed by atoms with Gasteiger partial charge >= 0.3 is 0 Å². The number of primary amides is 1. The monoisotopic (exact) mass is 342 g/mol. The van der Waals surface area contributed by atoms with E-state index in [0.717, 1.165) is 0 Å². The highest BCUT2D eigenvalue weighted by Gasteiger charge is 2.39. The van der Waals surface area contributed by atoms with Gasteiger partial charge in [-0.05, 0) is 36.4 Å². The van der Waals surface area contributed by atoms with Gasteiger partial charge in [-0.2, -0.15) is 0 Å². The van der Waals surface area contributed by atoms with Gasteiger partial charge in [0.2, 0.25) is 5.91 Å². The Morgan fingerprint density at radius 3 is 2.40 bits per heavy atom. The molecular weight excluding hydrogens is 323 g/mol. The summed E-state index contributed by atoms with van der Waals surface area (Å²) in [5.41, 5.74) is 5.88. The standard InChI is InChI=1S/C19H19FN2O3/c20-15-8-6-13(7-9-15)19(24)22-10-14(17(11-22)18(21)23)12-25-16-4-2-1-3-5-16/h1-9,14,17H,10-12H2,(H2,21,23)/t14-,17+/m0/s1. The first-order chi connectivity index (χ1) is 12.0. The van der Waals surface area contributed by atoms with Crippen LogP contribution in [-0.4, -0.2) is 36.4 Å². The van der Waals surface area contributed by atoms with Gasteiger partial charge in [0.05, 0.1) is 12.5 Å². The number of carbonyl (C=O) groups is 2. The number of likely N-dealkylation sites (tertiary alicyclic amines) is 1. The molecule has 0 aliphatic carbocycles. The highest BCUT2D eigenvalue weighted by molar-refractivity contribution is 5.95. The second-order valence-corrected chi connectivity index (χ2v) is 6.11. The van der Waals surface area contributed by atoms with Gasteiger partial charge in [0, 0.05) is 24.6 Å². The average molecular weight is 342 g/mol. The van der Waals surface area contributed by atoms with Crippen LogP contribution in [0.1, 0.15) is 10.4 Å². The van der Waals surface area contributed by atoms with Gasteiger partial charge < -0.3 is 15.4 Å². The van der Waals surface area contributed by atoms with Crippen molar-refractivity contribution in [2.75, 3.05) is 19.7 Å². The number of nitrogens with two attached hydrogens (primary N) is 1. The number of hydrogen-bond donors (Lipinski definition) is 1. The molecule has 1 aliphatic heterocycles. The molecule has 0 saturated carbocycles. The lowest BCUT2D eigenvalue weighted by molar-refractivity contribution is -0.122. The van der Waals surface area contributed by atoms with Crippen LogP contribution in [0.15, 0.2) is 54.6 Å². The van der Waals surface area contributed by atoms with E-state index in [2.05, 4.69) is 0 Å². The van der Waals surface area contributed by atoms with Crippen molar-refractivity contribution in [3.05, 3.63) is 66.0 Å². The van der Waals surface area contributed by atoms with E-state index in [-0.39, 0.29) is 18.4 Å². The molecule has 3 rings (SSSR count). The zero-order valence-corrected chi connectivity index (χ0v) is 13.6. The lowest BCUT2D eigenvalue weighted by Gasteiger charge is -2.17. The van der Waals surface area contributed by atoms with Crippen molar-refractivity contribution < 1.29 is 18.7 Å². The Labute approximate surface area is 145 Å². The van der Waals surface area contributed by atoms with Gasteiger partial charge in [0.25, 0.3) is 5.91 Å². The second-order valence-electron chi connectivity index (χ2n) is 6.11. The molecule has 1 fully saturated rings. The number of carbonyl (C=O) groups excluding carboxylic acids is 2. The Morgan fingerprint density at radius 1 is 1.08 bits per heavy atom. The molecule has 0 radical (unpaired) electrons. The quantitative estimate of drug-likeness (QED) is 0.904. The van der Waals surface area contributed by atoms with E-state index in [1.165, 1.54) is 24.3 Å². The number of halogens is 1. The Morgan fingerprint density at radius 2 is 1.76 bits per heavy atom. The van der Waals surface area contributed by atoms with Crippen molar-refractivity contribution >= 4 is 11.8 Å². The van der Waals surface area contributed by atoms with E-state index >= 15 is 0 Å². The van der Waals surface area contributed by atoms with Gasteiger partial charge in [-0.3, -0.25) is 9.59 Å². The highest BCUT2D eigenvalue weighted by atomic mass is 19.1. The Kier molecular flexibility index (Phi) is 4.97. The average Bonchev–Trinajstić information content (AvgIpc) is 3.05. The van der Waals surface area contributed by atoms with Crippen LogP contribution in [-0.2, 0) is 4.79 Å². The second kappa shape index (κ2) is 7.34. The zero-order valence-electron chi connectivity index (χ0n) is 13.6. The minimum atomic E-state index is -0.465. The molecule has 130 valence electrons. The predicted octanol–water partition coefficient (Wildman–Crippen LogP) is 2.08. The molecule has 0 bridgehead atoms. The maximum atomic E-state index is 13.0. The normalized spacial score (nSPS) is 19.6. The fourth-order valence-corrected chi connectivity index (χ4v) is 3.02. The molecule has 0 unspecified atom stereocenters. The summed E-state index contributed by atoms with van der Waals surface area (Å²) in [5, 5.41) is 0. The molecule has 2 N–H and O–H groups in total. The maximum Gasteiger partial charge on any atom is 0.253 e. The minimum Gasteiger partial charge on any atom is -0.493 e. The number of hydrogen-bond acceptors (Lipinski definition) is 3. The first kappa shape index (κ1) is 17.0. The molecule has 6 heteroatoms. The summed E-state index contributed by atoms with van der Waals surface area (Å²) in [6.07, 6.45) is 0. The van der Waals surface area contributed by atoms with E-state index in [4.69, 9.17) is 10.5 Å². The summed E-state index contributed by atoms with van der Waals surface area (Å²) >= 11 is 0. The predicted molar refractivity (Wildman–Crippen MR) is 90.4 cm³/mol. The van der Waals surface area contributed by atoms with Crippen LogP contribution in [0.25, 0.3) is 0 Å². The molecule has 1 saturated heterocycles. The van der Waals surface area contributed by atoms with Crippen LogP contribution in [0.5, 0.6) is 5.75 Å². The van der Waals surface area contributed by atoms with Gasteiger partial charge in [-0.25, -0.2) is 4.39 Å². The van der Waals surface area contributed by atoms with Crippen LogP contribution in [0, 0.1) is 17.7 Å².